The Balaban J connectivity index is 3.52. The quantitative estimate of drug-likeness (QED) is 0.505. The van der Waals surface area contributed by atoms with E-state index in [1.807, 2.05) is 6.92 Å². The summed E-state index contributed by atoms with van der Waals surface area (Å²) in [6.45, 7) is 5.44. The maximum atomic E-state index is 5.22. The normalized spacial score (nSPS) is 12.3. The van der Waals surface area contributed by atoms with E-state index in [9.17, 15) is 0 Å². The van der Waals surface area contributed by atoms with Crippen LogP contribution in [0.5, 0.6) is 0 Å². The first-order valence-electron chi connectivity index (χ1n) is 2.61. The van der Waals surface area contributed by atoms with Crippen molar-refractivity contribution in [3.05, 3.63) is 10.8 Å². The summed E-state index contributed by atoms with van der Waals surface area (Å²) in [7, 11) is 0. The lowest BCUT2D eigenvalue weighted by molar-refractivity contribution is 0.545. The van der Waals surface area contributed by atoms with Crippen LogP contribution in [-0.4, -0.2) is 4.98 Å². The van der Waals surface area contributed by atoms with E-state index in [-0.39, 0.29) is 6.01 Å². The summed E-state index contributed by atoms with van der Waals surface area (Å²) in [6, 6.07) is 0.174. The summed E-state index contributed by atoms with van der Waals surface area (Å²) >= 11 is 0. The monoisotopic (exact) mass is 124 g/mol. The molecule has 1 heterocycles. The third-order valence-electron chi connectivity index (χ3n) is 1.01. The Morgan fingerprint density at radius 2 is 2.44 bits per heavy atom. The van der Waals surface area contributed by atoms with Crippen LogP contribution in [0.1, 0.15) is 6.92 Å². The van der Waals surface area contributed by atoms with Crippen molar-refractivity contribution in [2.45, 2.75) is 6.92 Å². The fourth-order valence-corrected chi connectivity index (χ4v) is 0.608. The van der Waals surface area contributed by atoms with Gasteiger partial charge >= 0.3 is 0 Å². The predicted molar refractivity (Wildman–Crippen MR) is 35.8 cm³/mol. The molecule has 0 fully saturated rings. The molecule has 0 saturated heterocycles. The van der Waals surface area contributed by atoms with Crippen molar-refractivity contribution < 1.29 is 4.42 Å². The van der Waals surface area contributed by atoms with Crippen molar-refractivity contribution in [3.8, 4) is 0 Å². The first-order valence-corrected chi connectivity index (χ1v) is 2.61. The number of nitrogens with two attached hydrogens (primary N) is 1. The predicted octanol–water partition coefficient (Wildman–Crippen LogP) is -0.533. The Morgan fingerprint density at radius 3 is 2.67 bits per heavy atom. The molecule has 3 heteroatoms. The molecule has 0 spiro atoms. The van der Waals surface area contributed by atoms with Crippen molar-refractivity contribution in [3.63, 3.8) is 0 Å². The summed E-state index contributed by atoms with van der Waals surface area (Å²) in [5.74, 6) is 0. The van der Waals surface area contributed by atoms with Crippen LogP contribution in [0.4, 0.5) is 6.01 Å². The molecule has 0 radical (unpaired) electrons. The third kappa shape index (κ3) is 0.937. The van der Waals surface area contributed by atoms with Crippen LogP contribution in [-0.2, 0) is 0 Å². The number of nitrogen functional groups attached to an aromatic ring is 1. The average Bonchev–Trinajstić information content (AvgIpc) is 2.10. The number of rotatable bonds is 0. The van der Waals surface area contributed by atoms with E-state index in [1.54, 1.807) is 6.08 Å². The SMILES string of the molecule is C=c1nc(N)oc1=CC. The van der Waals surface area contributed by atoms with Crippen molar-refractivity contribution in [1.82, 2.24) is 4.98 Å². The summed E-state index contributed by atoms with van der Waals surface area (Å²) in [5, 5.41) is 0.593. The highest BCUT2D eigenvalue weighted by atomic mass is 16.4. The zero-order valence-corrected chi connectivity index (χ0v) is 5.22. The molecule has 0 amide bonds. The average molecular weight is 124 g/mol. The van der Waals surface area contributed by atoms with Crippen LogP contribution in [0.25, 0.3) is 12.7 Å². The third-order valence-corrected chi connectivity index (χ3v) is 1.01. The fourth-order valence-electron chi connectivity index (χ4n) is 0.608. The molecule has 0 aliphatic heterocycles. The highest BCUT2D eigenvalue weighted by Crippen LogP contribution is 1.80. The van der Waals surface area contributed by atoms with E-state index in [0.717, 1.165) is 0 Å². The van der Waals surface area contributed by atoms with Crippen LogP contribution >= 0.6 is 0 Å². The Bertz CT molecular complexity index is 299. The highest BCUT2D eigenvalue weighted by molar-refractivity contribution is 5.19. The topological polar surface area (TPSA) is 52.0 Å². The molecule has 0 saturated carbocycles. The molecule has 0 aromatic carbocycles. The molecule has 2 N–H and O–H groups in total. The number of oxazole rings is 1. The molecule has 1 aromatic rings. The molecule has 48 valence electrons. The molecule has 0 aliphatic rings. The summed E-state index contributed by atoms with van der Waals surface area (Å²) in [6.07, 6.45) is 1.77. The molecule has 3 nitrogen and oxygen atoms in total. The van der Waals surface area contributed by atoms with Crippen LogP contribution < -0.4 is 16.5 Å². The van der Waals surface area contributed by atoms with Crippen molar-refractivity contribution in [2.75, 3.05) is 5.73 Å². The number of nitrogens with zero attached hydrogens (tertiary/aromatic N) is 1. The molecule has 0 bridgehead atoms. The van der Waals surface area contributed by atoms with Gasteiger partial charge in [-0.3, -0.25) is 0 Å². The second-order valence-electron chi connectivity index (χ2n) is 1.65. The molecule has 9 heavy (non-hydrogen) atoms. The molecule has 0 unspecified atom stereocenters. The Labute approximate surface area is 52.5 Å². The number of hydrogen-bond acceptors (Lipinski definition) is 3. The van der Waals surface area contributed by atoms with Crippen molar-refractivity contribution in [2.24, 2.45) is 0 Å². The first-order chi connectivity index (χ1) is 4.24. The van der Waals surface area contributed by atoms with Gasteiger partial charge in [-0.05, 0) is 13.0 Å². The van der Waals surface area contributed by atoms with Gasteiger partial charge in [0.05, 0.1) is 0 Å². The van der Waals surface area contributed by atoms with Crippen molar-refractivity contribution in [1.29, 1.82) is 0 Å². The Kier molecular flexibility index (Phi) is 1.26. The van der Waals surface area contributed by atoms with E-state index in [0.29, 0.717) is 10.8 Å². The van der Waals surface area contributed by atoms with Gasteiger partial charge in [-0.25, -0.2) is 0 Å². The van der Waals surface area contributed by atoms with Gasteiger partial charge < -0.3 is 10.2 Å². The van der Waals surface area contributed by atoms with E-state index < -0.39 is 0 Å². The van der Waals surface area contributed by atoms with Crippen LogP contribution in [0.2, 0.25) is 0 Å². The molecular formula is C6H8N2O. The zero-order valence-electron chi connectivity index (χ0n) is 5.22. The van der Waals surface area contributed by atoms with E-state index >= 15 is 0 Å². The Hall–Kier alpha value is -1.25. The minimum Gasteiger partial charge on any atom is -0.424 e. The fraction of sp³-hybridized carbons (Fsp3) is 0.167. The maximum absolute atomic E-state index is 5.22. The lowest BCUT2D eigenvalue weighted by Gasteiger charge is -1.71. The van der Waals surface area contributed by atoms with Crippen molar-refractivity contribution >= 4 is 18.7 Å². The smallest absolute Gasteiger partial charge is 0.292 e. The summed E-state index contributed by atoms with van der Waals surface area (Å²) < 4.78 is 4.91. The summed E-state index contributed by atoms with van der Waals surface area (Å²) in [4.78, 5) is 3.75. The molecule has 0 aliphatic carbocycles. The molecular weight excluding hydrogens is 116 g/mol. The lowest BCUT2D eigenvalue weighted by Crippen LogP contribution is -2.18. The molecule has 0 atom stereocenters. The number of anilines is 1. The molecule has 1 rings (SSSR count). The van der Waals surface area contributed by atoms with E-state index in [1.165, 1.54) is 0 Å². The lowest BCUT2D eigenvalue weighted by atomic mass is 10.5. The molecule has 1 aromatic heterocycles. The second kappa shape index (κ2) is 1.93. The van der Waals surface area contributed by atoms with Gasteiger partial charge in [0.25, 0.3) is 6.01 Å². The van der Waals surface area contributed by atoms with Gasteiger partial charge in [0, 0.05) is 0 Å². The maximum Gasteiger partial charge on any atom is 0.292 e. The number of aromatic nitrogens is 1. The zero-order chi connectivity index (χ0) is 6.85. The highest BCUT2D eigenvalue weighted by Gasteiger charge is 1.90. The van der Waals surface area contributed by atoms with Crippen LogP contribution in [0, 0.1) is 0 Å². The van der Waals surface area contributed by atoms with Gasteiger partial charge in [0.1, 0.15) is 5.35 Å². The number of hydrogen-bond donors (Lipinski definition) is 1. The standard InChI is InChI=1S/C6H8N2O/c1-3-5-4(2)8-6(7)9-5/h3H,2H2,1H3,(H2,7,8). The Morgan fingerprint density at radius 1 is 1.78 bits per heavy atom. The van der Waals surface area contributed by atoms with Gasteiger partial charge in [0.15, 0.2) is 5.42 Å². The minimum absolute atomic E-state index is 0.174. The first kappa shape index (κ1) is 5.88. The van der Waals surface area contributed by atoms with E-state index in [4.69, 9.17) is 10.2 Å². The van der Waals surface area contributed by atoms with E-state index in [2.05, 4.69) is 11.6 Å². The van der Waals surface area contributed by atoms with Gasteiger partial charge in [-0.15, -0.1) is 0 Å². The van der Waals surface area contributed by atoms with Crippen LogP contribution in [0.15, 0.2) is 4.42 Å². The minimum atomic E-state index is 0.174. The summed E-state index contributed by atoms with van der Waals surface area (Å²) in [5.41, 5.74) is 5.86. The van der Waals surface area contributed by atoms with Crippen LogP contribution in [0.3, 0.4) is 0 Å². The largest absolute Gasteiger partial charge is 0.424 e. The van der Waals surface area contributed by atoms with Gasteiger partial charge in [0.2, 0.25) is 0 Å². The van der Waals surface area contributed by atoms with Gasteiger partial charge in [-0.2, -0.15) is 4.98 Å². The second-order valence-corrected chi connectivity index (χ2v) is 1.65. The van der Waals surface area contributed by atoms with Gasteiger partial charge in [-0.1, -0.05) is 6.58 Å².